The van der Waals surface area contributed by atoms with Crippen LogP contribution >= 0.6 is 22.7 Å². The SMILES string of the molecule is CCCCOc1ccc(C(=O)N2CCN(Cc3nc(-c4cccs4)cs3)CC2)cc1. The molecule has 0 aliphatic carbocycles. The average Bonchev–Trinajstić information content (AvgIpc) is 3.47. The van der Waals surface area contributed by atoms with Gasteiger partial charge in [0.15, 0.2) is 0 Å². The predicted molar refractivity (Wildman–Crippen MR) is 123 cm³/mol. The Kier molecular flexibility index (Phi) is 7.15. The number of amides is 1. The summed E-state index contributed by atoms with van der Waals surface area (Å²) in [6, 6.07) is 11.7. The van der Waals surface area contributed by atoms with E-state index in [9.17, 15) is 4.79 Å². The minimum absolute atomic E-state index is 0.101. The van der Waals surface area contributed by atoms with Crippen LogP contribution in [-0.2, 0) is 6.54 Å². The van der Waals surface area contributed by atoms with E-state index in [0.717, 1.165) is 74.2 Å². The van der Waals surface area contributed by atoms with Crippen molar-refractivity contribution in [2.45, 2.75) is 26.3 Å². The molecule has 1 aromatic carbocycles. The Hall–Kier alpha value is -2.22. The third-order valence-corrected chi connectivity index (χ3v) is 6.94. The zero-order valence-corrected chi connectivity index (χ0v) is 18.9. The third kappa shape index (κ3) is 5.28. The second-order valence-corrected chi connectivity index (χ2v) is 9.29. The van der Waals surface area contributed by atoms with Gasteiger partial charge in [-0.3, -0.25) is 9.69 Å². The smallest absolute Gasteiger partial charge is 0.253 e. The van der Waals surface area contributed by atoms with E-state index in [-0.39, 0.29) is 5.91 Å². The maximum Gasteiger partial charge on any atom is 0.253 e. The van der Waals surface area contributed by atoms with Crippen LogP contribution in [0.1, 0.15) is 35.1 Å². The fourth-order valence-electron chi connectivity index (χ4n) is 3.43. The Morgan fingerprint density at radius 2 is 1.90 bits per heavy atom. The highest BCUT2D eigenvalue weighted by Crippen LogP contribution is 2.26. The number of rotatable bonds is 8. The van der Waals surface area contributed by atoms with Crippen molar-refractivity contribution in [1.29, 1.82) is 0 Å². The van der Waals surface area contributed by atoms with Crippen molar-refractivity contribution in [2.24, 2.45) is 0 Å². The monoisotopic (exact) mass is 441 g/mol. The van der Waals surface area contributed by atoms with E-state index < -0.39 is 0 Å². The van der Waals surface area contributed by atoms with E-state index in [1.807, 2.05) is 29.2 Å². The van der Waals surface area contributed by atoms with Crippen LogP contribution in [0.15, 0.2) is 47.2 Å². The van der Waals surface area contributed by atoms with Gasteiger partial charge in [-0.2, -0.15) is 0 Å². The van der Waals surface area contributed by atoms with Gasteiger partial charge < -0.3 is 9.64 Å². The molecule has 1 aliphatic heterocycles. The summed E-state index contributed by atoms with van der Waals surface area (Å²) in [4.78, 5) is 23.2. The third-order valence-electron chi connectivity index (χ3n) is 5.21. The molecule has 5 nitrogen and oxygen atoms in total. The molecule has 3 aromatic rings. The Bertz CT molecular complexity index is 930. The van der Waals surface area contributed by atoms with Crippen LogP contribution in [0.5, 0.6) is 5.75 Å². The highest BCUT2D eigenvalue weighted by atomic mass is 32.1. The Morgan fingerprint density at radius 3 is 2.60 bits per heavy atom. The quantitative estimate of drug-likeness (QED) is 0.461. The van der Waals surface area contributed by atoms with Gasteiger partial charge in [0.2, 0.25) is 0 Å². The first-order valence-corrected chi connectivity index (χ1v) is 12.2. The summed E-state index contributed by atoms with van der Waals surface area (Å²) < 4.78 is 5.69. The van der Waals surface area contributed by atoms with E-state index >= 15 is 0 Å². The van der Waals surface area contributed by atoms with Crippen LogP contribution in [0.4, 0.5) is 0 Å². The maximum absolute atomic E-state index is 12.8. The number of thiophene rings is 1. The number of nitrogens with zero attached hydrogens (tertiary/aromatic N) is 3. The van der Waals surface area contributed by atoms with Crippen LogP contribution in [0.2, 0.25) is 0 Å². The predicted octanol–water partition coefficient (Wildman–Crippen LogP) is 5.01. The molecule has 7 heteroatoms. The molecule has 3 heterocycles. The van der Waals surface area contributed by atoms with E-state index in [0.29, 0.717) is 0 Å². The van der Waals surface area contributed by atoms with Crippen LogP contribution in [0.25, 0.3) is 10.6 Å². The molecule has 0 spiro atoms. The van der Waals surface area contributed by atoms with Crippen molar-refractivity contribution in [1.82, 2.24) is 14.8 Å². The van der Waals surface area contributed by atoms with Gasteiger partial charge >= 0.3 is 0 Å². The zero-order valence-electron chi connectivity index (χ0n) is 17.3. The van der Waals surface area contributed by atoms with Crippen molar-refractivity contribution in [3.63, 3.8) is 0 Å². The van der Waals surface area contributed by atoms with Crippen molar-refractivity contribution < 1.29 is 9.53 Å². The zero-order chi connectivity index (χ0) is 20.8. The molecular weight excluding hydrogens is 414 g/mol. The Labute approximate surface area is 185 Å². The van der Waals surface area contributed by atoms with Crippen LogP contribution in [0, 0.1) is 0 Å². The molecule has 1 fully saturated rings. The van der Waals surface area contributed by atoms with Crippen molar-refractivity contribution in [3.8, 4) is 16.3 Å². The van der Waals surface area contributed by atoms with E-state index in [4.69, 9.17) is 9.72 Å². The van der Waals surface area contributed by atoms with Gasteiger partial charge in [0.1, 0.15) is 10.8 Å². The topological polar surface area (TPSA) is 45.7 Å². The number of ether oxygens (including phenoxy) is 1. The summed E-state index contributed by atoms with van der Waals surface area (Å²) in [5.74, 6) is 0.930. The molecule has 0 unspecified atom stereocenters. The number of piperazine rings is 1. The van der Waals surface area contributed by atoms with E-state index in [1.165, 1.54) is 4.88 Å². The lowest BCUT2D eigenvalue weighted by atomic mass is 10.1. The minimum atomic E-state index is 0.101. The fourth-order valence-corrected chi connectivity index (χ4v) is 5.03. The highest BCUT2D eigenvalue weighted by Gasteiger charge is 2.23. The van der Waals surface area contributed by atoms with Gasteiger partial charge in [-0.05, 0) is 42.1 Å². The molecule has 0 bridgehead atoms. The number of hydrogen-bond acceptors (Lipinski definition) is 6. The first-order chi connectivity index (χ1) is 14.7. The Morgan fingerprint density at radius 1 is 1.10 bits per heavy atom. The first kappa shape index (κ1) is 21.0. The molecule has 4 rings (SSSR count). The molecule has 0 atom stereocenters. The molecule has 1 amide bonds. The second-order valence-electron chi connectivity index (χ2n) is 7.40. The summed E-state index contributed by atoms with van der Waals surface area (Å²) in [5, 5.41) is 5.35. The lowest BCUT2D eigenvalue weighted by Crippen LogP contribution is -2.48. The summed E-state index contributed by atoms with van der Waals surface area (Å²) in [6.07, 6.45) is 2.15. The van der Waals surface area contributed by atoms with Crippen LogP contribution < -0.4 is 4.74 Å². The summed E-state index contributed by atoms with van der Waals surface area (Å²) in [6.45, 7) is 6.95. The molecular formula is C23H27N3O2S2. The molecule has 158 valence electrons. The average molecular weight is 442 g/mol. The number of carbonyl (C=O) groups excluding carboxylic acids is 1. The van der Waals surface area contributed by atoms with Gasteiger partial charge in [-0.1, -0.05) is 19.4 Å². The molecule has 1 aliphatic rings. The lowest BCUT2D eigenvalue weighted by molar-refractivity contribution is 0.0628. The molecule has 0 radical (unpaired) electrons. The number of benzene rings is 1. The highest BCUT2D eigenvalue weighted by molar-refractivity contribution is 7.14. The normalized spacial score (nSPS) is 14.8. The second kappa shape index (κ2) is 10.2. The molecule has 0 N–H and O–H groups in total. The number of unbranched alkanes of at least 4 members (excludes halogenated alkanes) is 1. The van der Waals surface area contributed by atoms with Crippen LogP contribution in [-0.4, -0.2) is 53.5 Å². The summed E-state index contributed by atoms with van der Waals surface area (Å²) >= 11 is 3.44. The number of carbonyl (C=O) groups is 1. The van der Waals surface area contributed by atoms with Gasteiger partial charge in [0.05, 0.1) is 23.7 Å². The van der Waals surface area contributed by atoms with Crippen LogP contribution in [0.3, 0.4) is 0 Å². The summed E-state index contributed by atoms with van der Waals surface area (Å²) in [7, 11) is 0. The number of aromatic nitrogens is 1. The molecule has 30 heavy (non-hydrogen) atoms. The van der Waals surface area contributed by atoms with E-state index in [1.54, 1.807) is 22.7 Å². The molecule has 2 aromatic heterocycles. The summed E-state index contributed by atoms with van der Waals surface area (Å²) in [5.41, 5.74) is 1.80. The van der Waals surface area contributed by atoms with Gasteiger partial charge in [-0.25, -0.2) is 4.98 Å². The lowest BCUT2D eigenvalue weighted by Gasteiger charge is -2.34. The van der Waals surface area contributed by atoms with Gasteiger partial charge in [-0.15, -0.1) is 22.7 Å². The minimum Gasteiger partial charge on any atom is -0.494 e. The standard InChI is InChI=1S/C23H27N3O2S2/c1-2-3-14-28-19-8-6-18(7-9-19)23(27)26-12-10-25(11-13-26)16-22-24-20(17-30-22)21-5-4-15-29-21/h4-9,15,17H,2-3,10-14,16H2,1H3. The van der Waals surface area contributed by atoms with Gasteiger partial charge in [0.25, 0.3) is 5.91 Å². The number of thiazole rings is 1. The Balaban J connectivity index is 1.26. The van der Waals surface area contributed by atoms with Crippen molar-refractivity contribution in [2.75, 3.05) is 32.8 Å². The maximum atomic E-state index is 12.8. The fraction of sp³-hybridized carbons (Fsp3) is 0.391. The first-order valence-electron chi connectivity index (χ1n) is 10.5. The van der Waals surface area contributed by atoms with Crippen molar-refractivity contribution >= 4 is 28.6 Å². The number of hydrogen-bond donors (Lipinski definition) is 0. The van der Waals surface area contributed by atoms with E-state index in [2.05, 4.69) is 34.7 Å². The molecule has 0 saturated carbocycles. The molecule has 1 saturated heterocycles. The van der Waals surface area contributed by atoms with Gasteiger partial charge in [0, 0.05) is 37.1 Å². The van der Waals surface area contributed by atoms with Crippen molar-refractivity contribution in [3.05, 3.63) is 57.7 Å². The largest absolute Gasteiger partial charge is 0.494 e.